The molecule has 1 unspecified atom stereocenters. The van der Waals surface area contributed by atoms with E-state index in [4.69, 9.17) is 0 Å². The van der Waals surface area contributed by atoms with Crippen LogP contribution in [-0.2, 0) is 4.79 Å². The van der Waals surface area contributed by atoms with Gasteiger partial charge in [0, 0.05) is 30.2 Å². The Bertz CT molecular complexity index is 788. The summed E-state index contributed by atoms with van der Waals surface area (Å²) in [4.78, 5) is 36.0. The minimum Gasteiger partial charge on any atom is -0.347 e. The number of likely N-dealkylation sites (tertiary alicyclic amines) is 1. The van der Waals surface area contributed by atoms with Crippen LogP contribution in [-0.4, -0.2) is 51.6 Å². The molecule has 140 valence electrons. The van der Waals surface area contributed by atoms with E-state index in [0.717, 1.165) is 30.8 Å². The van der Waals surface area contributed by atoms with Gasteiger partial charge in [0.05, 0.1) is 5.75 Å². The average Bonchev–Trinajstić information content (AvgIpc) is 2.94. The zero-order valence-electron chi connectivity index (χ0n) is 15.0. The molecule has 4 rings (SSSR count). The summed E-state index contributed by atoms with van der Waals surface area (Å²) in [5.74, 6) is 1.13. The molecule has 1 aromatic heterocycles. The molecule has 1 saturated carbocycles. The van der Waals surface area contributed by atoms with Gasteiger partial charge < -0.3 is 10.2 Å². The van der Waals surface area contributed by atoms with Gasteiger partial charge in [0.15, 0.2) is 0 Å². The van der Waals surface area contributed by atoms with Crippen molar-refractivity contribution >= 4 is 23.6 Å². The van der Waals surface area contributed by atoms with E-state index < -0.39 is 0 Å². The Kier molecular flexibility index (Phi) is 5.38. The summed E-state index contributed by atoms with van der Waals surface area (Å²) in [6.45, 7) is 1.44. The fourth-order valence-electron chi connectivity index (χ4n) is 4.07. The zero-order chi connectivity index (χ0) is 18.6. The van der Waals surface area contributed by atoms with Crippen LogP contribution in [0.15, 0.2) is 53.8 Å². The van der Waals surface area contributed by atoms with Gasteiger partial charge in [-0.2, -0.15) is 0 Å². The summed E-state index contributed by atoms with van der Waals surface area (Å²) in [7, 11) is 0. The van der Waals surface area contributed by atoms with E-state index in [-0.39, 0.29) is 17.9 Å². The van der Waals surface area contributed by atoms with Crippen LogP contribution in [0.4, 0.5) is 0 Å². The second-order valence-corrected chi connectivity index (χ2v) is 8.14. The van der Waals surface area contributed by atoms with E-state index in [1.807, 2.05) is 35.2 Å². The number of thioether (sulfide) groups is 1. The lowest BCUT2D eigenvalue weighted by molar-refractivity contribution is -0.130. The number of amides is 2. The zero-order valence-corrected chi connectivity index (χ0v) is 15.8. The highest BCUT2D eigenvalue weighted by molar-refractivity contribution is 8.00. The number of benzene rings is 1. The van der Waals surface area contributed by atoms with Gasteiger partial charge in [-0.3, -0.25) is 9.59 Å². The van der Waals surface area contributed by atoms with Crippen molar-refractivity contribution in [2.45, 2.75) is 23.8 Å². The summed E-state index contributed by atoms with van der Waals surface area (Å²) in [5.41, 5.74) is 0.391. The number of nitrogens with zero attached hydrogens (tertiary/aromatic N) is 3. The molecule has 1 aliphatic carbocycles. The Morgan fingerprint density at radius 2 is 1.85 bits per heavy atom. The van der Waals surface area contributed by atoms with E-state index in [0.29, 0.717) is 23.3 Å². The van der Waals surface area contributed by atoms with Crippen LogP contribution in [0, 0.1) is 11.8 Å². The third-order valence-electron chi connectivity index (χ3n) is 5.40. The standard InChI is InChI=1S/C20H22N4O2S/c25-18(12-27-16-4-2-1-3-5-16)24-10-14-6-7-15(11-24)19(14)23-20(26)17-8-9-21-13-22-17/h1-5,8-9,13-15,19H,6-7,10-12H2,(H,23,26)/t14-,15+,19?. The number of hydrogen-bond donors (Lipinski definition) is 1. The number of rotatable bonds is 5. The predicted molar refractivity (Wildman–Crippen MR) is 103 cm³/mol. The SMILES string of the molecule is O=C(NC1[C@@H]2CC[C@H]1CN(C(=O)CSc1ccccc1)C2)c1ccncn1. The monoisotopic (exact) mass is 382 g/mol. The summed E-state index contributed by atoms with van der Waals surface area (Å²) < 4.78 is 0. The van der Waals surface area contributed by atoms with Gasteiger partial charge in [0.2, 0.25) is 5.91 Å². The van der Waals surface area contributed by atoms with Crippen molar-refractivity contribution in [3.63, 3.8) is 0 Å². The molecule has 2 amide bonds. The van der Waals surface area contributed by atoms with Crippen molar-refractivity contribution in [2.24, 2.45) is 11.8 Å². The first-order valence-corrected chi connectivity index (χ1v) is 10.2. The second-order valence-electron chi connectivity index (χ2n) is 7.09. The Labute approximate surface area is 162 Å². The molecule has 2 bridgehead atoms. The quantitative estimate of drug-likeness (QED) is 0.803. The third-order valence-corrected chi connectivity index (χ3v) is 6.40. The number of carbonyl (C=O) groups is 2. The van der Waals surface area contributed by atoms with E-state index >= 15 is 0 Å². The van der Waals surface area contributed by atoms with Gasteiger partial charge in [-0.1, -0.05) is 18.2 Å². The number of fused-ring (bicyclic) bond motifs is 2. The molecule has 1 aromatic carbocycles. The molecule has 1 aliphatic heterocycles. The molecule has 6 nitrogen and oxygen atoms in total. The average molecular weight is 382 g/mol. The van der Waals surface area contributed by atoms with Gasteiger partial charge in [0.25, 0.3) is 5.91 Å². The minimum absolute atomic E-state index is 0.123. The van der Waals surface area contributed by atoms with Gasteiger partial charge in [-0.25, -0.2) is 9.97 Å². The van der Waals surface area contributed by atoms with Gasteiger partial charge in [-0.05, 0) is 42.9 Å². The van der Waals surface area contributed by atoms with E-state index in [2.05, 4.69) is 15.3 Å². The summed E-state index contributed by atoms with van der Waals surface area (Å²) in [6, 6.07) is 11.7. The summed E-state index contributed by atoms with van der Waals surface area (Å²) >= 11 is 1.58. The van der Waals surface area contributed by atoms with Crippen molar-refractivity contribution in [1.29, 1.82) is 0 Å². The summed E-state index contributed by atoms with van der Waals surface area (Å²) in [6.07, 6.45) is 5.06. The molecular formula is C20H22N4O2S. The molecule has 2 aromatic rings. The van der Waals surface area contributed by atoms with Crippen LogP contribution in [0.3, 0.4) is 0 Å². The molecule has 0 spiro atoms. The van der Waals surface area contributed by atoms with Crippen molar-refractivity contribution in [1.82, 2.24) is 20.2 Å². The highest BCUT2D eigenvalue weighted by Crippen LogP contribution is 2.37. The van der Waals surface area contributed by atoms with Crippen molar-refractivity contribution < 1.29 is 9.59 Å². The van der Waals surface area contributed by atoms with Crippen LogP contribution in [0.1, 0.15) is 23.3 Å². The molecule has 27 heavy (non-hydrogen) atoms. The molecule has 3 atom stereocenters. The largest absolute Gasteiger partial charge is 0.347 e. The predicted octanol–water partition coefficient (Wildman–Crippen LogP) is 2.24. The van der Waals surface area contributed by atoms with Crippen LogP contribution >= 0.6 is 11.8 Å². The number of nitrogens with one attached hydrogen (secondary N) is 1. The number of carbonyl (C=O) groups excluding carboxylic acids is 2. The number of aromatic nitrogens is 2. The van der Waals surface area contributed by atoms with Crippen molar-refractivity contribution in [2.75, 3.05) is 18.8 Å². The molecular weight excluding hydrogens is 360 g/mol. The lowest BCUT2D eigenvalue weighted by Gasteiger charge is -2.38. The van der Waals surface area contributed by atoms with Crippen LogP contribution in [0.2, 0.25) is 0 Å². The Hall–Kier alpha value is -2.41. The van der Waals surface area contributed by atoms with Gasteiger partial charge >= 0.3 is 0 Å². The molecule has 7 heteroatoms. The maximum atomic E-state index is 12.6. The molecule has 2 heterocycles. The van der Waals surface area contributed by atoms with E-state index in [1.54, 1.807) is 24.0 Å². The first-order chi connectivity index (χ1) is 13.2. The Morgan fingerprint density at radius 1 is 1.11 bits per heavy atom. The molecule has 1 saturated heterocycles. The van der Waals surface area contributed by atoms with Crippen LogP contribution in [0.25, 0.3) is 0 Å². The maximum absolute atomic E-state index is 12.6. The third kappa shape index (κ3) is 4.13. The van der Waals surface area contributed by atoms with Crippen molar-refractivity contribution in [3.05, 3.63) is 54.6 Å². The van der Waals surface area contributed by atoms with Crippen LogP contribution in [0.5, 0.6) is 0 Å². The number of hydrogen-bond acceptors (Lipinski definition) is 5. The smallest absolute Gasteiger partial charge is 0.270 e. The fraction of sp³-hybridized carbons (Fsp3) is 0.400. The first kappa shape index (κ1) is 18.0. The maximum Gasteiger partial charge on any atom is 0.270 e. The molecule has 2 fully saturated rings. The summed E-state index contributed by atoms with van der Waals surface area (Å²) in [5, 5.41) is 3.14. The topological polar surface area (TPSA) is 75.2 Å². The van der Waals surface area contributed by atoms with E-state index in [1.165, 1.54) is 6.33 Å². The molecule has 2 aliphatic rings. The fourth-order valence-corrected chi connectivity index (χ4v) is 4.89. The normalized spacial score (nSPS) is 23.9. The minimum atomic E-state index is -0.154. The first-order valence-electron chi connectivity index (χ1n) is 9.23. The van der Waals surface area contributed by atoms with Gasteiger partial charge in [-0.15, -0.1) is 11.8 Å². The lowest BCUT2D eigenvalue weighted by atomic mass is 9.92. The van der Waals surface area contributed by atoms with Crippen LogP contribution < -0.4 is 5.32 Å². The number of piperidine rings is 1. The van der Waals surface area contributed by atoms with E-state index in [9.17, 15) is 9.59 Å². The Morgan fingerprint density at radius 3 is 2.52 bits per heavy atom. The molecule has 0 radical (unpaired) electrons. The highest BCUT2D eigenvalue weighted by Gasteiger charge is 2.43. The Balaban J connectivity index is 1.33. The van der Waals surface area contributed by atoms with Crippen molar-refractivity contribution in [3.8, 4) is 0 Å². The molecule has 1 N–H and O–H groups in total. The van der Waals surface area contributed by atoms with Gasteiger partial charge in [0.1, 0.15) is 12.0 Å². The highest BCUT2D eigenvalue weighted by atomic mass is 32.2. The lowest BCUT2D eigenvalue weighted by Crippen LogP contribution is -2.54. The second kappa shape index (κ2) is 8.08.